The van der Waals surface area contributed by atoms with E-state index in [4.69, 9.17) is 23.2 Å². The molecule has 1 aromatic heterocycles. The molecule has 21 heavy (non-hydrogen) atoms. The fourth-order valence-corrected chi connectivity index (χ4v) is 4.58. The van der Waals surface area contributed by atoms with E-state index in [0.717, 1.165) is 10.4 Å². The number of halogens is 2. The first kappa shape index (κ1) is 16.7. The lowest BCUT2D eigenvalue weighted by Crippen LogP contribution is -2.23. The van der Waals surface area contributed by atoms with Crippen LogP contribution >= 0.6 is 34.5 Å². The Morgan fingerprint density at radius 3 is 2.57 bits per heavy atom. The zero-order valence-electron chi connectivity index (χ0n) is 11.1. The van der Waals surface area contributed by atoms with E-state index < -0.39 is 16.6 Å². The van der Waals surface area contributed by atoms with Gasteiger partial charge in [0.25, 0.3) is 0 Å². The molecule has 8 heteroatoms. The highest BCUT2D eigenvalue weighted by molar-refractivity contribution is 7.89. The molecule has 0 bridgehead atoms. The number of hydrogen-bond acceptors (Lipinski definition) is 4. The zero-order valence-corrected chi connectivity index (χ0v) is 14.2. The summed E-state index contributed by atoms with van der Waals surface area (Å²) in [4.78, 5) is 0.845. The minimum atomic E-state index is -3.78. The highest BCUT2D eigenvalue weighted by Crippen LogP contribution is 2.31. The maximum absolute atomic E-state index is 12.3. The van der Waals surface area contributed by atoms with Crippen molar-refractivity contribution >= 4 is 44.6 Å². The van der Waals surface area contributed by atoms with E-state index in [2.05, 4.69) is 4.72 Å². The minimum Gasteiger partial charge on any atom is -0.392 e. The van der Waals surface area contributed by atoms with Crippen LogP contribution < -0.4 is 4.72 Å². The van der Waals surface area contributed by atoms with Crippen LogP contribution in [0.3, 0.4) is 0 Å². The number of aryl methyl sites for hydroxylation is 1. The molecule has 114 valence electrons. The third kappa shape index (κ3) is 3.59. The molecular formula is C13H13Cl2NO3S2. The van der Waals surface area contributed by atoms with Crippen molar-refractivity contribution in [1.82, 2.24) is 4.72 Å². The molecule has 0 fully saturated rings. The van der Waals surface area contributed by atoms with Gasteiger partial charge in [-0.05, 0) is 36.1 Å². The topological polar surface area (TPSA) is 66.4 Å². The molecule has 0 atom stereocenters. The smallest absolute Gasteiger partial charge is 0.242 e. The first-order valence-electron chi connectivity index (χ1n) is 5.97. The molecule has 0 aliphatic heterocycles. The van der Waals surface area contributed by atoms with Gasteiger partial charge in [-0.2, -0.15) is 0 Å². The quantitative estimate of drug-likeness (QED) is 0.853. The van der Waals surface area contributed by atoms with Crippen LogP contribution in [0.5, 0.6) is 0 Å². The fraction of sp³-hybridized carbons (Fsp3) is 0.231. The first-order valence-corrected chi connectivity index (χ1v) is 9.09. The number of thiophene rings is 1. The molecule has 2 aromatic rings. The highest BCUT2D eigenvalue weighted by atomic mass is 35.5. The van der Waals surface area contributed by atoms with Crippen LogP contribution in [0.1, 0.15) is 16.0 Å². The predicted octanol–water partition coefficient (Wildman–Crippen LogP) is 3.33. The van der Waals surface area contributed by atoms with Crippen molar-refractivity contribution in [3.05, 3.63) is 49.6 Å². The van der Waals surface area contributed by atoms with E-state index >= 15 is 0 Å². The Morgan fingerprint density at radius 2 is 2.00 bits per heavy atom. The normalized spacial score (nSPS) is 11.8. The van der Waals surface area contributed by atoms with Crippen molar-refractivity contribution < 1.29 is 13.5 Å². The fourth-order valence-electron chi connectivity index (χ4n) is 1.75. The molecule has 0 saturated heterocycles. The molecule has 0 unspecified atom stereocenters. The summed E-state index contributed by atoms with van der Waals surface area (Å²) in [6.07, 6.45) is 0. The molecule has 4 nitrogen and oxygen atoms in total. The van der Waals surface area contributed by atoms with Gasteiger partial charge in [0.1, 0.15) is 4.90 Å². The molecular weight excluding hydrogens is 353 g/mol. The van der Waals surface area contributed by atoms with Crippen molar-refractivity contribution in [1.29, 1.82) is 0 Å². The standard InChI is InChI=1S/C13H13Cl2NO3S2/c1-8-4-5-20-11(8)6-16-21(18,19)12-3-2-10(14)9(7-17)13(12)15/h2-5,16-17H,6-7H2,1H3. The van der Waals surface area contributed by atoms with Crippen molar-refractivity contribution in [2.75, 3.05) is 0 Å². The summed E-state index contributed by atoms with van der Waals surface area (Å²) in [6.45, 7) is 1.68. The Morgan fingerprint density at radius 1 is 1.29 bits per heavy atom. The minimum absolute atomic E-state index is 0.0552. The lowest BCUT2D eigenvalue weighted by Gasteiger charge is -2.11. The van der Waals surface area contributed by atoms with Gasteiger partial charge < -0.3 is 5.11 Å². The monoisotopic (exact) mass is 365 g/mol. The predicted molar refractivity (Wildman–Crippen MR) is 85.5 cm³/mol. The number of sulfonamides is 1. The van der Waals surface area contributed by atoms with Crippen molar-refractivity contribution in [2.24, 2.45) is 0 Å². The summed E-state index contributed by atoms with van der Waals surface area (Å²) in [6, 6.07) is 4.66. The van der Waals surface area contributed by atoms with Gasteiger partial charge in [-0.1, -0.05) is 23.2 Å². The zero-order chi connectivity index (χ0) is 15.6. The van der Waals surface area contributed by atoms with Gasteiger partial charge in [0.2, 0.25) is 10.0 Å². The van der Waals surface area contributed by atoms with E-state index in [-0.39, 0.29) is 27.0 Å². The molecule has 0 aliphatic carbocycles. The van der Waals surface area contributed by atoms with Gasteiger partial charge in [0.05, 0.1) is 11.6 Å². The summed E-state index contributed by atoms with van der Waals surface area (Å²) in [7, 11) is -3.78. The van der Waals surface area contributed by atoms with E-state index in [9.17, 15) is 13.5 Å². The van der Waals surface area contributed by atoms with E-state index in [1.807, 2.05) is 18.4 Å². The summed E-state index contributed by atoms with van der Waals surface area (Å²) >= 11 is 13.4. The van der Waals surface area contributed by atoms with Gasteiger partial charge in [0.15, 0.2) is 0 Å². The van der Waals surface area contributed by atoms with Crippen LogP contribution in [0.2, 0.25) is 10.0 Å². The lowest BCUT2D eigenvalue weighted by molar-refractivity contribution is 0.281. The molecule has 2 rings (SSSR count). The number of rotatable bonds is 5. The van der Waals surface area contributed by atoms with Crippen molar-refractivity contribution in [3.8, 4) is 0 Å². The third-order valence-electron chi connectivity index (χ3n) is 2.99. The number of aliphatic hydroxyl groups excluding tert-OH is 1. The third-order valence-corrected chi connectivity index (χ3v) is 6.35. The molecule has 1 aromatic carbocycles. The largest absolute Gasteiger partial charge is 0.392 e. The van der Waals surface area contributed by atoms with Crippen LogP contribution in [0.25, 0.3) is 0 Å². The maximum Gasteiger partial charge on any atom is 0.242 e. The molecule has 0 saturated carbocycles. The van der Waals surface area contributed by atoms with Crippen LogP contribution in [-0.4, -0.2) is 13.5 Å². The second kappa shape index (κ2) is 6.64. The Balaban J connectivity index is 2.30. The number of nitrogens with one attached hydrogen (secondary N) is 1. The van der Waals surface area contributed by atoms with Gasteiger partial charge in [-0.25, -0.2) is 13.1 Å². The van der Waals surface area contributed by atoms with Crippen LogP contribution in [0, 0.1) is 6.92 Å². The van der Waals surface area contributed by atoms with Gasteiger partial charge in [0, 0.05) is 22.0 Å². The van der Waals surface area contributed by atoms with E-state index in [1.165, 1.54) is 23.5 Å². The highest BCUT2D eigenvalue weighted by Gasteiger charge is 2.21. The molecule has 0 aliphatic rings. The lowest BCUT2D eigenvalue weighted by atomic mass is 10.2. The Kier molecular flexibility index (Phi) is 5.29. The molecule has 0 radical (unpaired) electrons. The van der Waals surface area contributed by atoms with Gasteiger partial charge in [-0.15, -0.1) is 11.3 Å². The first-order chi connectivity index (χ1) is 9.86. The van der Waals surface area contributed by atoms with E-state index in [1.54, 1.807) is 0 Å². The molecule has 0 amide bonds. The van der Waals surface area contributed by atoms with Crippen LogP contribution in [0.4, 0.5) is 0 Å². The van der Waals surface area contributed by atoms with E-state index in [0.29, 0.717) is 0 Å². The number of hydrogen-bond donors (Lipinski definition) is 2. The molecule has 2 N–H and O–H groups in total. The van der Waals surface area contributed by atoms with Crippen LogP contribution in [-0.2, 0) is 23.2 Å². The Hall–Kier alpha value is -0.630. The molecule has 0 spiro atoms. The number of aliphatic hydroxyl groups is 1. The Bertz CT molecular complexity index is 757. The van der Waals surface area contributed by atoms with Gasteiger partial charge in [-0.3, -0.25) is 0 Å². The van der Waals surface area contributed by atoms with Gasteiger partial charge >= 0.3 is 0 Å². The van der Waals surface area contributed by atoms with Crippen molar-refractivity contribution in [2.45, 2.75) is 25.0 Å². The maximum atomic E-state index is 12.3. The average Bonchev–Trinajstić information content (AvgIpc) is 2.82. The average molecular weight is 366 g/mol. The Labute approximate surface area is 137 Å². The second-order valence-electron chi connectivity index (χ2n) is 4.35. The number of benzene rings is 1. The summed E-state index contributed by atoms with van der Waals surface area (Å²) in [5, 5.41) is 11.3. The summed E-state index contributed by atoms with van der Waals surface area (Å²) < 4.78 is 27.2. The van der Waals surface area contributed by atoms with Crippen LogP contribution in [0.15, 0.2) is 28.5 Å². The summed E-state index contributed by atoms with van der Waals surface area (Å²) in [5.74, 6) is 0. The second-order valence-corrected chi connectivity index (χ2v) is 7.87. The SMILES string of the molecule is Cc1ccsc1CNS(=O)(=O)c1ccc(Cl)c(CO)c1Cl. The summed E-state index contributed by atoms with van der Waals surface area (Å²) in [5.41, 5.74) is 1.23. The molecule has 1 heterocycles. The van der Waals surface area contributed by atoms with Crippen molar-refractivity contribution in [3.63, 3.8) is 0 Å².